The van der Waals surface area contributed by atoms with Crippen molar-refractivity contribution in [2.45, 2.75) is 69.8 Å². The van der Waals surface area contributed by atoms with Gasteiger partial charge in [0.15, 0.2) is 0 Å². The van der Waals surface area contributed by atoms with E-state index in [-0.39, 0.29) is 5.41 Å². The first kappa shape index (κ1) is 17.5. The third kappa shape index (κ3) is 4.85. The summed E-state index contributed by atoms with van der Waals surface area (Å²) in [7, 11) is 1.70. The Morgan fingerprint density at radius 2 is 2.09 bits per heavy atom. The van der Waals surface area contributed by atoms with Crippen molar-refractivity contribution in [1.29, 1.82) is 0 Å². The average molecular weight is 324 g/mol. The van der Waals surface area contributed by atoms with Crippen LogP contribution in [-0.4, -0.2) is 34.6 Å². The first-order valence-electron chi connectivity index (χ1n) is 8.09. The van der Waals surface area contributed by atoms with Crippen LogP contribution in [0.5, 0.6) is 0 Å². The lowest BCUT2D eigenvalue weighted by molar-refractivity contribution is 0.181. The van der Waals surface area contributed by atoms with E-state index in [9.17, 15) is 0 Å². The second kappa shape index (κ2) is 7.64. The summed E-state index contributed by atoms with van der Waals surface area (Å²) >= 11 is 1.99. The number of hydrogen-bond donors (Lipinski definition) is 1. The summed E-state index contributed by atoms with van der Waals surface area (Å²) in [6.07, 6.45) is 7.30. The summed E-state index contributed by atoms with van der Waals surface area (Å²) in [6, 6.07) is 2.55. The molecule has 2 atom stereocenters. The standard InChI is InChI=1S/C17H29N3OS/c1-17(2,3)16-19-13(11-21-4)10-15(20-16)18-12-7-6-8-14(9-12)22-5/h10,12,14H,6-9,11H2,1-5H3,(H,18,19,20). The second-order valence-electron chi connectivity index (χ2n) is 7.12. The van der Waals surface area contributed by atoms with Gasteiger partial charge in [-0.2, -0.15) is 11.8 Å². The highest BCUT2D eigenvalue weighted by atomic mass is 32.2. The van der Waals surface area contributed by atoms with Crippen LogP contribution >= 0.6 is 11.8 Å². The number of anilines is 1. The molecule has 1 fully saturated rings. The maximum absolute atomic E-state index is 5.25. The quantitative estimate of drug-likeness (QED) is 0.887. The smallest absolute Gasteiger partial charge is 0.136 e. The fraction of sp³-hybridized carbons (Fsp3) is 0.765. The lowest BCUT2D eigenvalue weighted by Gasteiger charge is -2.29. The van der Waals surface area contributed by atoms with Gasteiger partial charge in [0.25, 0.3) is 0 Å². The van der Waals surface area contributed by atoms with E-state index in [1.165, 1.54) is 25.7 Å². The highest BCUT2D eigenvalue weighted by molar-refractivity contribution is 7.99. The minimum atomic E-state index is -0.0610. The third-order valence-corrected chi connectivity index (χ3v) is 5.15. The summed E-state index contributed by atoms with van der Waals surface area (Å²) in [5.74, 6) is 1.82. The summed E-state index contributed by atoms with van der Waals surface area (Å²) in [6.45, 7) is 6.96. The van der Waals surface area contributed by atoms with E-state index in [2.05, 4.69) is 37.3 Å². The van der Waals surface area contributed by atoms with E-state index < -0.39 is 0 Å². The molecule has 0 radical (unpaired) electrons. The van der Waals surface area contributed by atoms with Crippen molar-refractivity contribution >= 4 is 17.6 Å². The number of aromatic nitrogens is 2. The fourth-order valence-corrected chi connectivity index (χ4v) is 3.66. The van der Waals surface area contributed by atoms with Crippen LogP contribution in [0.2, 0.25) is 0 Å². The highest BCUT2D eigenvalue weighted by Gasteiger charge is 2.23. The van der Waals surface area contributed by atoms with Crippen molar-refractivity contribution < 1.29 is 4.74 Å². The number of hydrogen-bond acceptors (Lipinski definition) is 5. The maximum Gasteiger partial charge on any atom is 0.136 e. The molecular formula is C17H29N3OS. The van der Waals surface area contributed by atoms with Gasteiger partial charge in [-0.3, -0.25) is 0 Å². The number of rotatable bonds is 5. The summed E-state index contributed by atoms with van der Waals surface area (Å²) in [4.78, 5) is 9.39. The summed E-state index contributed by atoms with van der Waals surface area (Å²) in [5.41, 5.74) is 0.885. The molecule has 0 amide bonds. The Morgan fingerprint density at radius 3 is 2.73 bits per heavy atom. The molecular weight excluding hydrogens is 294 g/mol. The van der Waals surface area contributed by atoms with Crippen molar-refractivity contribution in [2.75, 3.05) is 18.7 Å². The lowest BCUT2D eigenvalue weighted by Crippen LogP contribution is -2.29. The molecule has 0 aromatic carbocycles. The number of nitrogens with one attached hydrogen (secondary N) is 1. The fourth-order valence-electron chi connectivity index (χ4n) is 2.83. The molecule has 1 heterocycles. The zero-order chi connectivity index (χ0) is 16.2. The molecule has 4 nitrogen and oxygen atoms in total. The zero-order valence-corrected chi connectivity index (χ0v) is 15.3. The SMILES string of the molecule is COCc1cc(NC2CCCC(SC)C2)nc(C(C)(C)C)n1. The van der Waals surface area contributed by atoms with E-state index in [1.54, 1.807) is 7.11 Å². The van der Waals surface area contributed by atoms with Gasteiger partial charge in [-0.25, -0.2) is 9.97 Å². The molecule has 1 aliphatic carbocycles. The molecule has 1 aliphatic rings. The van der Waals surface area contributed by atoms with Gasteiger partial charge in [-0.15, -0.1) is 0 Å². The molecule has 1 N–H and O–H groups in total. The van der Waals surface area contributed by atoms with Gasteiger partial charge in [-0.1, -0.05) is 27.2 Å². The third-order valence-electron chi connectivity index (χ3n) is 4.05. The minimum absolute atomic E-state index is 0.0610. The number of methoxy groups -OCH3 is 1. The molecule has 0 saturated heterocycles. The van der Waals surface area contributed by atoms with Crippen LogP contribution in [0.3, 0.4) is 0 Å². The zero-order valence-electron chi connectivity index (χ0n) is 14.5. The average Bonchev–Trinajstić information content (AvgIpc) is 2.46. The van der Waals surface area contributed by atoms with Crippen LogP contribution in [-0.2, 0) is 16.8 Å². The molecule has 0 aliphatic heterocycles. The minimum Gasteiger partial charge on any atom is -0.378 e. The van der Waals surface area contributed by atoms with E-state index in [0.29, 0.717) is 12.6 Å². The predicted octanol–water partition coefficient (Wildman–Crippen LogP) is 4.01. The molecule has 1 aromatic rings. The van der Waals surface area contributed by atoms with Crippen molar-refractivity contribution in [2.24, 2.45) is 0 Å². The van der Waals surface area contributed by atoms with Crippen molar-refractivity contribution in [3.05, 3.63) is 17.6 Å². The first-order valence-corrected chi connectivity index (χ1v) is 9.38. The largest absolute Gasteiger partial charge is 0.378 e. The van der Waals surface area contributed by atoms with E-state index >= 15 is 0 Å². The highest BCUT2D eigenvalue weighted by Crippen LogP contribution is 2.29. The Balaban J connectivity index is 2.16. The molecule has 5 heteroatoms. The Labute approximate surface area is 138 Å². The first-order chi connectivity index (χ1) is 10.4. The molecule has 2 rings (SSSR count). The van der Waals surface area contributed by atoms with Crippen LogP contribution in [0.4, 0.5) is 5.82 Å². The Hall–Kier alpha value is -0.810. The van der Waals surface area contributed by atoms with Gasteiger partial charge in [0, 0.05) is 29.9 Å². The molecule has 0 bridgehead atoms. The Morgan fingerprint density at radius 1 is 1.32 bits per heavy atom. The van der Waals surface area contributed by atoms with Gasteiger partial charge in [0.2, 0.25) is 0 Å². The molecule has 22 heavy (non-hydrogen) atoms. The van der Waals surface area contributed by atoms with Gasteiger partial charge in [0.05, 0.1) is 12.3 Å². The van der Waals surface area contributed by atoms with Crippen molar-refractivity contribution in [3.63, 3.8) is 0 Å². The van der Waals surface area contributed by atoms with E-state index in [1.807, 2.05) is 17.8 Å². The van der Waals surface area contributed by atoms with Crippen LogP contribution in [0.15, 0.2) is 6.07 Å². The van der Waals surface area contributed by atoms with Crippen LogP contribution in [0, 0.1) is 0 Å². The molecule has 124 valence electrons. The van der Waals surface area contributed by atoms with Crippen molar-refractivity contribution in [3.8, 4) is 0 Å². The molecule has 2 unspecified atom stereocenters. The normalized spacial score (nSPS) is 22.6. The maximum atomic E-state index is 5.25. The summed E-state index contributed by atoms with van der Waals surface area (Å²) in [5, 5.41) is 4.41. The molecule has 1 aromatic heterocycles. The monoisotopic (exact) mass is 323 g/mol. The van der Waals surface area contributed by atoms with Gasteiger partial charge >= 0.3 is 0 Å². The number of ether oxygens (including phenoxy) is 1. The van der Waals surface area contributed by atoms with Crippen LogP contribution in [0.25, 0.3) is 0 Å². The van der Waals surface area contributed by atoms with E-state index in [0.717, 1.165) is 22.6 Å². The Bertz CT molecular complexity index is 487. The second-order valence-corrected chi connectivity index (χ2v) is 8.25. The van der Waals surface area contributed by atoms with Gasteiger partial charge in [0.1, 0.15) is 11.6 Å². The van der Waals surface area contributed by atoms with Crippen molar-refractivity contribution in [1.82, 2.24) is 9.97 Å². The molecule has 1 saturated carbocycles. The molecule has 0 spiro atoms. The number of nitrogens with zero attached hydrogens (tertiary/aromatic N) is 2. The lowest BCUT2D eigenvalue weighted by atomic mass is 9.94. The van der Waals surface area contributed by atoms with Crippen LogP contribution < -0.4 is 5.32 Å². The van der Waals surface area contributed by atoms with Crippen LogP contribution in [0.1, 0.15) is 58.0 Å². The summed E-state index contributed by atoms with van der Waals surface area (Å²) < 4.78 is 5.25. The van der Waals surface area contributed by atoms with Gasteiger partial charge < -0.3 is 10.1 Å². The van der Waals surface area contributed by atoms with E-state index in [4.69, 9.17) is 9.72 Å². The number of thioether (sulfide) groups is 1. The topological polar surface area (TPSA) is 47.0 Å². The Kier molecular flexibility index (Phi) is 6.09. The predicted molar refractivity (Wildman–Crippen MR) is 94.6 cm³/mol. The van der Waals surface area contributed by atoms with Gasteiger partial charge in [-0.05, 0) is 25.5 Å².